The Morgan fingerprint density at radius 3 is 2.77 bits per heavy atom. The summed E-state index contributed by atoms with van der Waals surface area (Å²) in [6.07, 6.45) is 0. The topological polar surface area (TPSA) is 83.1 Å². The molecule has 0 atom stereocenters. The molecule has 72 valence electrons. The molecule has 1 aromatic rings. The first kappa shape index (κ1) is 9.30. The number of nitrogens with one attached hydrogen (secondary N) is 2. The lowest BCUT2D eigenvalue weighted by molar-refractivity contribution is 0.230. The minimum absolute atomic E-state index is 0.189. The minimum atomic E-state index is -0.279. The summed E-state index contributed by atoms with van der Waals surface area (Å²) in [6.45, 7) is 0. The number of hydrogen-bond acceptors (Lipinski definition) is 4. The van der Waals surface area contributed by atoms with Gasteiger partial charge in [-0.05, 0) is 0 Å². The number of methoxy groups -OCH3 is 1. The summed E-state index contributed by atoms with van der Waals surface area (Å²) >= 11 is 0. The number of carbonyl (C=O) groups excluding carboxylic acids is 1. The molecule has 2 amide bonds. The van der Waals surface area contributed by atoms with Crippen LogP contribution in [0.3, 0.4) is 0 Å². The Morgan fingerprint density at radius 1 is 1.62 bits per heavy atom. The third-order valence-corrected chi connectivity index (χ3v) is 1.28. The van der Waals surface area contributed by atoms with E-state index in [-0.39, 0.29) is 18.0 Å². The molecule has 0 aliphatic rings. The Balaban J connectivity index is 2.59. The van der Waals surface area contributed by atoms with Crippen LogP contribution >= 0.6 is 0 Å². The largest absolute Gasteiger partial charge is 0.466 e. The molecule has 1 aromatic heterocycles. The molecule has 0 saturated carbocycles. The molecule has 1 heterocycles. The maximum absolute atomic E-state index is 11.1. The zero-order valence-electron chi connectivity index (χ0n) is 7.66. The lowest BCUT2D eigenvalue weighted by Crippen LogP contribution is -2.27. The number of aromatic nitrogens is 3. The Bertz CT molecular complexity index is 295. The highest BCUT2D eigenvalue weighted by molar-refractivity contribution is 5.86. The van der Waals surface area contributed by atoms with Gasteiger partial charge in [-0.3, -0.25) is 5.32 Å². The van der Waals surface area contributed by atoms with Crippen LogP contribution in [-0.4, -0.2) is 47.3 Å². The maximum atomic E-state index is 11.1. The Kier molecular flexibility index (Phi) is 2.68. The van der Waals surface area contributed by atoms with E-state index in [2.05, 4.69) is 20.5 Å². The fourth-order valence-corrected chi connectivity index (χ4v) is 0.607. The quantitative estimate of drug-likeness (QED) is 0.674. The van der Waals surface area contributed by atoms with E-state index in [9.17, 15) is 4.79 Å². The van der Waals surface area contributed by atoms with Crippen molar-refractivity contribution in [1.29, 1.82) is 0 Å². The lowest BCUT2D eigenvalue weighted by atomic mass is 10.8. The van der Waals surface area contributed by atoms with Gasteiger partial charge >= 0.3 is 12.0 Å². The number of hydrogen-bond donors (Lipinski definition) is 2. The van der Waals surface area contributed by atoms with E-state index in [1.807, 2.05) is 0 Å². The number of aromatic amines is 1. The predicted octanol–water partition coefficient (Wildman–Crippen LogP) is -0.0932. The summed E-state index contributed by atoms with van der Waals surface area (Å²) in [7, 11) is 4.70. The highest BCUT2D eigenvalue weighted by Gasteiger charge is 2.07. The van der Waals surface area contributed by atoms with Gasteiger partial charge in [0.25, 0.3) is 0 Å². The smallest absolute Gasteiger partial charge is 0.336 e. The fraction of sp³-hybridized carbons (Fsp3) is 0.500. The van der Waals surface area contributed by atoms with E-state index in [4.69, 9.17) is 4.74 Å². The molecule has 0 aliphatic carbocycles. The Labute approximate surface area is 75.1 Å². The van der Waals surface area contributed by atoms with E-state index in [1.54, 1.807) is 14.1 Å². The third kappa shape index (κ3) is 2.32. The van der Waals surface area contributed by atoms with Crippen molar-refractivity contribution in [2.45, 2.75) is 0 Å². The number of amides is 2. The van der Waals surface area contributed by atoms with Crippen LogP contribution in [-0.2, 0) is 0 Å². The SMILES string of the molecule is COc1n[nH]c(NC(=O)N(C)C)n1. The van der Waals surface area contributed by atoms with Crippen molar-refractivity contribution in [3.63, 3.8) is 0 Å². The minimum Gasteiger partial charge on any atom is -0.466 e. The fourth-order valence-electron chi connectivity index (χ4n) is 0.607. The number of H-pyrrole nitrogens is 1. The van der Waals surface area contributed by atoms with Gasteiger partial charge in [-0.2, -0.15) is 4.98 Å². The second-order valence-corrected chi connectivity index (χ2v) is 2.50. The van der Waals surface area contributed by atoms with Gasteiger partial charge < -0.3 is 9.64 Å². The van der Waals surface area contributed by atoms with E-state index in [0.29, 0.717) is 0 Å². The van der Waals surface area contributed by atoms with Crippen molar-refractivity contribution in [3.8, 4) is 6.01 Å². The van der Waals surface area contributed by atoms with Crippen molar-refractivity contribution in [1.82, 2.24) is 20.1 Å². The van der Waals surface area contributed by atoms with Crippen LogP contribution in [0, 0.1) is 0 Å². The summed E-state index contributed by atoms with van der Waals surface area (Å²) in [5.41, 5.74) is 0. The average Bonchev–Trinajstić information content (AvgIpc) is 2.52. The molecule has 13 heavy (non-hydrogen) atoms. The first-order valence-corrected chi connectivity index (χ1v) is 3.58. The molecule has 0 radical (unpaired) electrons. The monoisotopic (exact) mass is 185 g/mol. The molecule has 0 fully saturated rings. The van der Waals surface area contributed by atoms with Crippen molar-refractivity contribution in [2.75, 3.05) is 26.5 Å². The molecule has 2 N–H and O–H groups in total. The molecule has 1 rings (SSSR count). The summed E-state index contributed by atoms with van der Waals surface area (Å²) in [6, 6.07) is -0.0899. The zero-order chi connectivity index (χ0) is 9.84. The molecule has 0 aliphatic heterocycles. The van der Waals surface area contributed by atoms with E-state index < -0.39 is 0 Å². The van der Waals surface area contributed by atoms with Crippen LogP contribution in [0.25, 0.3) is 0 Å². The first-order valence-electron chi connectivity index (χ1n) is 3.58. The van der Waals surface area contributed by atoms with Crippen LogP contribution < -0.4 is 10.1 Å². The average molecular weight is 185 g/mol. The van der Waals surface area contributed by atoms with E-state index >= 15 is 0 Å². The van der Waals surface area contributed by atoms with Crippen LogP contribution in [0.5, 0.6) is 6.01 Å². The van der Waals surface area contributed by atoms with Gasteiger partial charge in [-0.15, -0.1) is 5.10 Å². The molecular formula is C6H11N5O2. The van der Waals surface area contributed by atoms with Crippen LogP contribution in [0.1, 0.15) is 0 Å². The number of rotatable bonds is 2. The summed E-state index contributed by atoms with van der Waals surface area (Å²) in [5.74, 6) is 0.260. The highest BCUT2D eigenvalue weighted by Crippen LogP contribution is 2.04. The van der Waals surface area contributed by atoms with Crippen molar-refractivity contribution in [3.05, 3.63) is 0 Å². The number of anilines is 1. The second kappa shape index (κ2) is 3.74. The number of urea groups is 1. The highest BCUT2D eigenvalue weighted by atomic mass is 16.5. The van der Waals surface area contributed by atoms with Crippen molar-refractivity contribution < 1.29 is 9.53 Å². The molecule has 0 spiro atoms. The second-order valence-electron chi connectivity index (χ2n) is 2.50. The van der Waals surface area contributed by atoms with Crippen LogP contribution in [0.2, 0.25) is 0 Å². The summed E-state index contributed by atoms with van der Waals surface area (Å²) < 4.78 is 4.72. The molecule has 0 bridgehead atoms. The molecule has 7 heteroatoms. The van der Waals surface area contributed by atoms with Gasteiger partial charge in [-0.25, -0.2) is 9.89 Å². The van der Waals surface area contributed by atoms with Crippen LogP contribution in [0.4, 0.5) is 10.7 Å². The zero-order valence-corrected chi connectivity index (χ0v) is 7.66. The molecule has 7 nitrogen and oxygen atoms in total. The van der Waals surface area contributed by atoms with Gasteiger partial charge in [0.2, 0.25) is 5.95 Å². The molecular weight excluding hydrogens is 174 g/mol. The Morgan fingerprint density at radius 2 is 2.31 bits per heavy atom. The number of nitrogens with zero attached hydrogens (tertiary/aromatic N) is 3. The normalized spacial score (nSPS) is 9.46. The summed E-state index contributed by atoms with van der Waals surface area (Å²) in [5, 5.41) is 8.63. The maximum Gasteiger partial charge on any atom is 0.336 e. The van der Waals surface area contributed by atoms with Crippen LogP contribution in [0.15, 0.2) is 0 Å². The van der Waals surface area contributed by atoms with E-state index in [0.717, 1.165) is 0 Å². The van der Waals surface area contributed by atoms with Crippen molar-refractivity contribution >= 4 is 12.0 Å². The summed E-state index contributed by atoms with van der Waals surface area (Å²) in [4.78, 5) is 16.3. The first-order chi connectivity index (χ1) is 6.13. The van der Waals surface area contributed by atoms with Gasteiger partial charge in [0.1, 0.15) is 0 Å². The van der Waals surface area contributed by atoms with Gasteiger partial charge in [0, 0.05) is 14.1 Å². The number of ether oxygens (including phenoxy) is 1. The van der Waals surface area contributed by atoms with Gasteiger partial charge in [0.15, 0.2) is 0 Å². The number of carbonyl (C=O) groups is 1. The predicted molar refractivity (Wildman–Crippen MR) is 45.6 cm³/mol. The third-order valence-electron chi connectivity index (χ3n) is 1.28. The lowest BCUT2D eigenvalue weighted by Gasteiger charge is -2.08. The Hall–Kier alpha value is -1.79. The van der Waals surface area contributed by atoms with E-state index in [1.165, 1.54) is 12.0 Å². The van der Waals surface area contributed by atoms with Crippen molar-refractivity contribution in [2.24, 2.45) is 0 Å². The standard InChI is InChI=1S/C6H11N5O2/c1-11(2)6(12)8-4-7-5(13-3)10-9-4/h1-3H3,(H2,7,8,9,10,12). The van der Waals surface area contributed by atoms with Gasteiger partial charge in [-0.1, -0.05) is 0 Å². The molecule has 0 saturated heterocycles. The van der Waals surface area contributed by atoms with Gasteiger partial charge in [0.05, 0.1) is 7.11 Å². The molecule has 0 aromatic carbocycles. The molecule has 0 unspecified atom stereocenters.